The van der Waals surface area contributed by atoms with Gasteiger partial charge in [-0.25, -0.2) is 13.4 Å². The molecule has 0 radical (unpaired) electrons. The lowest BCUT2D eigenvalue weighted by Gasteiger charge is -2.18. The van der Waals surface area contributed by atoms with Gasteiger partial charge in [0.05, 0.1) is 15.7 Å². The van der Waals surface area contributed by atoms with Crippen molar-refractivity contribution in [1.29, 1.82) is 0 Å². The Hall–Kier alpha value is -3.77. The van der Waals surface area contributed by atoms with Gasteiger partial charge in [0.15, 0.2) is 9.84 Å². The Labute approximate surface area is 253 Å². The predicted octanol–water partition coefficient (Wildman–Crippen LogP) is 6.23. The first-order valence-corrected chi connectivity index (χ1v) is 16.3. The molecule has 1 saturated heterocycles. The summed E-state index contributed by atoms with van der Waals surface area (Å²) in [5, 5.41) is 2.69. The topological polar surface area (TPSA) is 97.2 Å². The molecule has 0 amide bonds. The third kappa shape index (κ3) is 5.97. The number of likely N-dealkylation sites (tertiary alicyclic amines) is 1. The third-order valence-corrected chi connectivity index (χ3v) is 10.7. The first-order valence-electron chi connectivity index (χ1n) is 14.7. The van der Waals surface area contributed by atoms with E-state index in [9.17, 15) is 26.4 Å². The highest BCUT2D eigenvalue weighted by molar-refractivity contribution is 7.92. The standard InChI is InChI=1S/C32H34F3N5O3S/c1-19(2)44(42,43)25-10-11-26(28(15-25)32(33,34)35)27-14-23-16-36-31(38-29(23)40(30(27)41)17-20-4-5-20)37-24-8-6-21(7-9-24)22-12-13-39(3)18-22/h6-11,14-16,19-20,22H,4-5,12-13,17-18H2,1-3H3,(H,36,37,38). The number of aromatic nitrogens is 3. The van der Waals surface area contributed by atoms with Crippen molar-refractivity contribution in [1.82, 2.24) is 19.4 Å². The molecule has 232 valence electrons. The van der Waals surface area contributed by atoms with Crippen LogP contribution in [0.4, 0.5) is 24.8 Å². The van der Waals surface area contributed by atoms with E-state index in [0.29, 0.717) is 29.6 Å². The molecule has 8 nitrogen and oxygen atoms in total. The van der Waals surface area contributed by atoms with Gasteiger partial charge in [0.25, 0.3) is 5.56 Å². The molecule has 1 aliphatic carbocycles. The van der Waals surface area contributed by atoms with Crippen molar-refractivity contribution in [2.24, 2.45) is 5.92 Å². The number of nitrogens with one attached hydrogen (secondary N) is 1. The number of nitrogens with zero attached hydrogens (tertiary/aromatic N) is 4. The summed E-state index contributed by atoms with van der Waals surface area (Å²) in [5.74, 6) is 0.979. The number of rotatable bonds is 8. The van der Waals surface area contributed by atoms with Gasteiger partial charge in [0.1, 0.15) is 5.65 Å². The zero-order chi connectivity index (χ0) is 31.4. The fraction of sp³-hybridized carbons (Fsp3) is 0.406. The van der Waals surface area contributed by atoms with Crippen molar-refractivity contribution in [3.05, 3.63) is 76.2 Å². The summed E-state index contributed by atoms with van der Waals surface area (Å²) in [5.41, 5.74) is -0.00721. The van der Waals surface area contributed by atoms with Gasteiger partial charge >= 0.3 is 6.18 Å². The molecule has 4 aromatic rings. The maximum absolute atomic E-state index is 14.3. The van der Waals surface area contributed by atoms with Crippen LogP contribution in [0.3, 0.4) is 0 Å². The second kappa shape index (κ2) is 11.3. The summed E-state index contributed by atoms with van der Waals surface area (Å²) in [6.45, 7) is 5.22. The smallest absolute Gasteiger partial charge is 0.324 e. The Kier molecular flexibility index (Phi) is 7.77. The number of pyridine rings is 1. The van der Waals surface area contributed by atoms with Gasteiger partial charge in [-0.05, 0) is 100.0 Å². The Morgan fingerprint density at radius 2 is 1.75 bits per heavy atom. The molecule has 12 heteroatoms. The van der Waals surface area contributed by atoms with Crippen molar-refractivity contribution in [2.75, 3.05) is 25.5 Å². The molecule has 2 aromatic heterocycles. The van der Waals surface area contributed by atoms with Crippen LogP contribution < -0.4 is 10.9 Å². The van der Waals surface area contributed by atoms with Gasteiger partial charge in [-0.3, -0.25) is 9.36 Å². The lowest BCUT2D eigenvalue weighted by atomic mass is 9.98. The van der Waals surface area contributed by atoms with Crippen molar-refractivity contribution < 1.29 is 21.6 Å². The number of hydrogen-bond acceptors (Lipinski definition) is 7. The number of sulfone groups is 1. The molecule has 3 heterocycles. The van der Waals surface area contributed by atoms with Crippen molar-refractivity contribution in [2.45, 2.75) is 61.9 Å². The van der Waals surface area contributed by atoms with Gasteiger partial charge < -0.3 is 10.2 Å². The van der Waals surface area contributed by atoms with Gasteiger partial charge in [-0.15, -0.1) is 0 Å². The zero-order valence-electron chi connectivity index (χ0n) is 24.7. The van der Waals surface area contributed by atoms with Gasteiger partial charge in [-0.1, -0.05) is 18.2 Å². The Morgan fingerprint density at radius 3 is 2.36 bits per heavy atom. The number of likely N-dealkylation sites (N-methyl/N-ethyl adjacent to an activating group) is 1. The van der Waals surface area contributed by atoms with E-state index in [0.717, 1.165) is 50.2 Å². The number of halogens is 3. The second-order valence-corrected chi connectivity index (χ2v) is 14.7. The van der Waals surface area contributed by atoms with Crippen molar-refractivity contribution >= 4 is 32.5 Å². The van der Waals surface area contributed by atoms with Crippen LogP contribution >= 0.6 is 0 Å². The van der Waals surface area contributed by atoms with Crippen LogP contribution in [0.15, 0.2) is 64.4 Å². The lowest BCUT2D eigenvalue weighted by Crippen LogP contribution is -2.25. The molecule has 1 aliphatic heterocycles. The van der Waals surface area contributed by atoms with Gasteiger partial charge in [0, 0.05) is 35.9 Å². The Balaban J connectivity index is 1.40. The summed E-state index contributed by atoms with van der Waals surface area (Å²) in [7, 11) is -1.86. The van der Waals surface area contributed by atoms with Crippen LogP contribution in [0, 0.1) is 5.92 Å². The Morgan fingerprint density at radius 1 is 1.02 bits per heavy atom. The molecule has 2 aromatic carbocycles. The minimum atomic E-state index is -4.89. The maximum Gasteiger partial charge on any atom is 0.417 e. The number of alkyl halides is 3. The van der Waals surface area contributed by atoms with Crippen molar-refractivity contribution in [3.8, 4) is 11.1 Å². The van der Waals surface area contributed by atoms with E-state index in [2.05, 4.69) is 39.4 Å². The van der Waals surface area contributed by atoms with E-state index in [1.54, 1.807) is 0 Å². The fourth-order valence-corrected chi connectivity index (χ4v) is 6.84. The first-order chi connectivity index (χ1) is 20.8. The molecule has 2 aliphatic rings. The predicted molar refractivity (Wildman–Crippen MR) is 164 cm³/mol. The number of hydrogen-bond donors (Lipinski definition) is 1. The summed E-state index contributed by atoms with van der Waals surface area (Å²) >= 11 is 0. The van der Waals surface area contributed by atoms with Crippen LogP contribution in [0.1, 0.15) is 50.2 Å². The monoisotopic (exact) mass is 625 g/mol. The first kappa shape index (κ1) is 30.3. The summed E-state index contributed by atoms with van der Waals surface area (Å²) < 4.78 is 69.7. The van der Waals surface area contributed by atoms with E-state index in [4.69, 9.17) is 0 Å². The molecule has 0 bridgehead atoms. The third-order valence-electron chi connectivity index (χ3n) is 8.53. The van der Waals surface area contributed by atoms with E-state index in [1.807, 2.05) is 12.1 Å². The summed E-state index contributed by atoms with van der Waals surface area (Å²) in [6, 6.07) is 12.3. The minimum absolute atomic E-state index is 0.184. The highest BCUT2D eigenvalue weighted by atomic mass is 32.2. The van der Waals surface area contributed by atoms with Crippen molar-refractivity contribution in [3.63, 3.8) is 0 Å². The second-order valence-electron chi connectivity index (χ2n) is 12.2. The number of benzene rings is 2. The Bertz CT molecular complexity index is 1880. The van der Waals surface area contributed by atoms with E-state index in [1.165, 1.54) is 36.2 Å². The van der Waals surface area contributed by atoms with E-state index < -0.39 is 37.3 Å². The molecule has 2 fully saturated rings. The van der Waals surface area contributed by atoms with Crippen LogP contribution in [-0.4, -0.2) is 53.2 Å². The molecule has 1 N–H and O–H groups in total. The zero-order valence-corrected chi connectivity index (χ0v) is 25.5. The molecule has 44 heavy (non-hydrogen) atoms. The largest absolute Gasteiger partial charge is 0.417 e. The molecule has 6 rings (SSSR count). The molecule has 1 atom stereocenters. The van der Waals surface area contributed by atoms with E-state index >= 15 is 0 Å². The van der Waals surface area contributed by atoms with Crippen LogP contribution in [0.25, 0.3) is 22.2 Å². The quantitative estimate of drug-likeness (QED) is 0.248. The summed E-state index contributed by atoms with van der Waals surface area (Å²) in [4.78, 5) is 24.8. The lowest BCUT2D eigenvalue weighted by molar-refractivity contribution is -0.137. The SMILES string of the molecule is CC(C)S(=O)(=O)c1ccc(-c2cc3cnc(Nc4ccc(C5CCN(C)C5)cc4)nc3n(CC3CC3)c2=O)c(C(F)(F)F)c1. The highest BCUT2D eigenvalue weighted by Gasteiger charge is 2.37. The minimum Gasteiger partial charge on any atom is -0.324 e. The van der Waals surface area contributed by atoms with Crippen LogP contribution in [-0.2, 0) is 22.6 Å². The molecule has 1 saturated carbocycles. The highest BCUT2D eigenvalue weighted by Crippen LogP contribution is 2.39. The fourth-order valence-electron chi connectivity index (χ4n) is 5.76. The normalized spacial score (nSPS) is 17.9. The average molecular weight is 626 g/mol. The molecule has 1 unspecified atom stereocenters. The van der Waals surface area contributed by atoms with Crippen LogP contribution in [0.5, 0.6) is 0 Å². The molecular weight excluding hydrogens is 591 g/mol. The van der Waals surface area contributed by atoms with E-state index in [-0.39, 0.29) is 23.0 Å². The van der Waals surface area contributed by atoms with Gasteiger partial charge in [0.2, 0.25) is 5.95 Å². The average Bonchev–Trinajstić information content (AvgIpc) is 3.70. The van der Waals surface area contributed by atoms with Crippen LogP contribution in [0.2, 0.25) is 0 Å². The summed E-state index contributed by atoms with van der Waals surface area (Å²) in [6.07, 6.45) is -0.470. The molecular formula is C32H34F3N5O3S. The number of fused-ring (bicyclic) bond motifs is 1. The maximum atomic E-state index is 14.3. The number of anilines is 2. The van der Waals surface area contributed by atoms with Gasteiger partial charge in [-0.2, -0.15) is 18.2 Å². The molecule has 0 spiro atoms.